The molecule has 0 fully saturated rings. The van der Waals surface area contributed by atoms with E-state index in [9.17, 15) is 8.78 Å². The Balaban J connectivity index is 2.68. The van der Waals surface area contributed by atoms with Gasteiger partial charge in [0.1, 0.15) is 11.6 Å². The smallest absolute Gasteiger partial charge is 0.126 e. The molecule has 0 radical (unpaired) electrons. The van der Waals surface area contributed by atoms with Crippen molar-refractivity contribution in [1.29, 1.82) is 0 Å². The van der Waals surface area contributed by atoms with Crippen molar-refractivity contribution in [2.75, 3.05) is 6.54 Å². The highest BCUT2D eigenvalue weighted by Crippen LogP contribution is 2.16. The Labute approximate surface area is 102 Å². The van der Waals surface area contributed by atoms with Crippen LogP contribution < -0.4 is 5.32 Å². The molecule has 0 aliphatic rings. The number of nitrogens with one attached hydrogen (secondary N) is 1. The van der Waals surface area contributed by atoms with Gasteiger partial charge in [0.05, 0.1) is 0 Å². The summed E-state index contributed by atoms with van der Waals surface area (Å²) in [6, 6.07) is 4.14. The Morgan fingerprint density at radius 1 is 1.12 bits per heavy atom. The highest BCUT2D eigenvalue weighted by atomic mass is 19.1. The Hall–Kier alpha value is -0.960. The van der Waals surface area contributed by atoms with Crippen LogP contribution >= 0.6 is 0 Å². The molecule has 17 heavy (non-hydrogen) atoms. The number of hydrogen-bond acceptors (Lipinski definition) is 1. The third kappa shape index (κ3) is 4.43. The van der Waals surface area contributed by atoms with E-state index in [1.807, 2.05) is 0 Å². The average molecular weight is 241 g/mol. The number of benzene rings is 1. The van der Waals surface area contributed by atoms with Gasteiger partial charge < -0.3 is 5.32 Å². The van der Waals surface area contributed by atoms with E-state index in [1.54, 1.807) is 0 Å². The van der Waals surface area contributed by atoms with E-state index < -0.39 is 11.6 Å². The SMILES string of the molecule is CCNC(CC)C(C)Cc1cc(F)cc(F)c1. The first-order chi connectivity index (χ1) is 8.06. The minimum Gasteiger partial charge on any atom is -0.314 e. The van der Waals surface area contributed by atoms with Crippen molar-refractivity contribution in [3.63, 3.8) is 0 Å². The second-order valence-corrected chi connectivity index (χ2v) is 4.53. The lowest BCUT2D eigenvalue weighted by atomic mass is 9.92. The first kappa shape index (κ1) is 14.1. The van der Waals surface area contributed by atoms with Crippen LogP contribution in [0.5, 0.6) is 0 Å². The molecule has 1 nitrogen and oxygen atoms in total. The maximum Gasteiger partial charge on any atom is 0.126 e. The predicted molar refractivity (Wildman–Crippen MR) is 67.0 cm³/mol. The molecular formula is C14H21F2N. The molecule has 0 saturated heterocycles. The summed E-state index contributed by atoms with van der Waals surface area (Å²) in [5.41, 5.74) is 0.728. The van der Waals surface area contributed by atoms with Gasteiger partial charge in [-0.25, -0.2) is 8.78 Å². The molecule has 96 valence electrons. The lowest BCUT2D eigenvalue weighted by molar-refractivity contribution is 0.370. The molecule has 0 heterocycles. The standard InChI is InChI=1S/C14H21F2N/c1-4-14(17-5-2)10(3)6-11-7-12(15)9-13(16)8-11/h7-10,14,17H,4-6H2,1-3H3. The van der Waals surface area contributed by atoms with Gasteiger partial charge in [-0.15, -0.1) is 0 Å². The van der Waals surface area contributed by atoms with Crippen LogP contribution in [0.4, 0.5) is 8.78 Å². The molecule has 0 amide bonds. The highest BCUT2D eigenvalue weighted by Gasteiger charge is 2.15. The molecule has 1 N–H and O–H groups in total. The van der Waals surface area contributed by atoms with Gasteiger partial charge in [-0.1, -0.05) is 20.8 Å². The van der Waals surface area contributed by atoms with Gasteiger partial charge in [0.25, 0.3) is 0 Å². The fraction of sp³-hybridized carbons (Fsp3) is 0.571. The molecule has 0 aromatic heterocycles. The van der Waals surface area contributed by atoms with Crippen LogP contribution in [0.15, 0.2) is 18.2 Å². The third-order valence-electron chi connectivity index (χ3n) is 3.07. The topological polar surface area (TPSA) is 12.0 Å². The van der Waals surface area contributed by atoms with Crippen molar-refractivity contribution in [1.82, 2.24) is 5.32 Å². The van der Waals surface area contributed by atoms with Crippen molar-refractivity contribution < 1.29 is 8.78 Å². The summed E-state index contributed by atoms with van der Waals surface area (Å²) in [6.07, 6.45) is 1.72. The van der Waals surface area contributed by atoms with E-state index in [0.717, 1.165) is 24.6 Å². The molecule has 1 aromatic carbocycles. The van der Waals surface area contributed by atoms with Gasteiger partial charge >= 0.3 is 0 Å². The van der Waals surface area contributed by atoms with Crippen molar-refractivity contribution in [3.8, 4) is 0 Å². The lowest BCUT2D eigenvalue weighted by Crippen LogP contribution is -2.35. The molecule has 3 heteroatoms. The van der Waals surface area contributed by atoms with Crippen molar-refractivity contribution in [2.45, 2.75) is 39.7 Å². The van der Waals surface area contributed by atoms with Gasteiger partial charge in [0, 0.05) is 12.1 Å². The molecule has 1 aromatic rings. The van der Waals surface area contributed by atoms with Crippen LogP contribution in [-0.4, -0.2) is 12.6 Å². The second-order valence-electron chi connectivity index (χ2n) is 4.53. The summed E-state index contributed by atoms with van der Waals surface area (Å²) in [4.78, 5) is 0. The Morgan fingerprint density at radius 3 is 2.18 bits per heavy atom. The van der Waals surface area contributed by atoms with Crippen LogP contribution in [0.3, 0.4) is 0 Å². The summed E-state index contributed by atoms with van der Waals surface area (Å²) < 4.78 is 26.1. The largest absolute Gasteiger partial charge is 0.314 e. The third-order valence-corrected chi connectivity index (χ3v) is 3.07. The Bertz CT molecular complexity index is 332. The predicted octanol–water partition coefficient (Wildman–Crippen LogP) is 3.53. The summed E-state index contributed by atoms with van der Waals surface area (Å²) in [5.74, 6) is -0.631. The van der Waals surface area contributed by atoms with Crippen molar-refractivity contribution in [2.24, 2.45) is 5.92 Å². The molecule has 1 rings (SSSR count). The number of rotatable bonds is 6. The first-order valence-electron chi connectivity index (χ1n) is 6.25. The number of hydrogen-bond donors (Lipinski definition) is 1. The van der Waals surface area contributed by atoms with Crippen molar-refractivity contribution >= 4 is 0 Å². The number of halogens is 2. The minimum absolute atomic E-state index is 0.362. The van der Waals surface area contributed by atoms with Gasteiger partial charge in [0.2, 0.25) is 0 Å². The Kier molecular flexibility index (Phi) is 5.56. The van der Waals surface area contributed by atoms with E-state index in [0.29, 0.717) is 18.4 Å². The zero-order chi connectivity index (χ0) is 12.8. The van der Waals surface area contributed by atoms with E-state index in [4.69, 9.17) is 0 Å². The maximum atomic E-state index is 13.1. The van der Waals surface area contributed by atoms with Crippen LogP contribution in [0.2, 0.25) is 0 Å². The van der Waals surface area contributed by atoms with Crippen LogP contribution in [0.25, 0.3) is 0 Å². The quantitative estimate of drug-likeness (QED) is 0.803. The molecule has 0 aliphatic heterocycles. The first-order valence-corrected chi connectivity index (χ1v) is 6.25. The summed E-state index contributed by atoms with van der Waals surface area (Å²) in [5, 5.41) is 3.39. The zero-order valence-electron chi connectivity index (χ0n) is 10.8. The summed E-state index contributed by atoms with van der Waals surface area (Å²) in [6.45, 7) is 7.22. The fourth-order valence-electron chi connectivity index (χ4n) is 2.25. The maximum absolute atomic E-state index is 13.1. The molecular weight excluding hydrogens is 220 g/mol. The molecule has 0 saturated carbocycles. The second kappa shape index (κ2) is 6.70. The molecule has 0 aliphatic carbocycles. The van der Waals surface area contributed by atoms with Crippen LogP contribution in [0, 0.1) is 17.6 Å². The normalized spacial score (nSPS) is 14.6. The van der Waals surface area contributed by atoms with E-state index >= 15 is 0 Å². The van der Waals surface area contributed by atoms with Crippen LogP contribution in [-0.2, 0) is 6.42 Å². The van der Waals surface area contributed by atoms with Gasteiger partial charge in [-0.3, -0.25) is 0 Å². The van der Waals surface area contributed by atoms with Gasteiger partial charge in [0.15, 0.2) is 0 Å². The monoisotopic (exact) mass is 241 g/mol. The van der Waals surface area contributed by atoms with Crippen molar-refractivity contribution in [3.05, 3.63) is 35.4 Å². The van der Waals surface area contributed by atoms with E-state index in [-0.39, 0.29) is 0 Å². The lowest BCUT2D eigenvalue weighted by Gasteiger charge is -2.23. The highest BCUT2D eigenvalue weighted by molar-refractivity contribution is 5.18. The van der Waals surface area contributed by atoms with E-state index in [2.05, 4.69) is 26.1 Å². The molecule has 2 unspecified atom stereocenters. The van der Waals surface area contributed by atoms with Gasteiger partial charge in [-0.05, 0) is 43.0 Å². The average Bonchev–Trinajstić information content (AvgIpc) is 2.24. The minimum atomic E-state index is -0.497. The Morgan fingerprint density at radius 2 is 1.71 bits per heavy atom. The molecule has 2 atom stereocenters. The molecule has 0 bridgehead atoms. The molecule has 0 spiro atoms. The fourth-order valence-corrected chi connectivity index (χ4v) is 2.25. The zero-order valence-corrected chi connectivity index (χ0v) is 10.8. The van der Waals surface area contributed by atoms with Crippen LogP contribution in [0.1, 0.15) is 32.8 Å². The summed E-state index contributed by atoms with van der Waals surface area (Å²) in [7, 11) is 0. The summed E-state index contributed by atoms with van der Waals surface area (Å²) >= 11 is 0. The van der Waals surface area contributed by atoms with Gasteiger partial charge in [-0.2, -0.15) is 0 Å². The van der Waals surface area contributed by atoms with E-state index in [1.165, 1.54) is 12.1 Å².